The summed E-state index contributed by atoms with van der Waals surface area (Å²) in [5.74, 6) is 5.21. The van der Waals surface area contributed by atoms with Gasteiger partial charge in [-0.2, -0.15) is 0 Å². The lowest BCUT2D eigenvalue weighted by Crippen LogP contribution is -2.30. The van der Waals surface area contributed by atoms with Gasteiger partial charge in [0.25, 0.3) is 5.91 Å². The Hall–Kier alpha value is -1.79. The molecule has 1 aromatic rings. The molecule has 1 rings (SSSR count). The maximum atomic E-state index is 11.9. The first kappa shape index (κ1) is 13.3. The second-order valence-electron chi connectivity index (χ2n) is 4.14. The lowest BCUT2D eigenvalue weighted by atomic mass is 10.0. The molecule has 0 aliphatic carbocycles. The Morgan fingerprint density at radius 3 is 2.76 bits per heavy atom. The summed E-state index contributed by atoms with van der Waals surface area (Å²) in [5, 5.41) is 11.5. The largest absolute Gasteiger partial charge is 0.384 e. The van der Waals surface area contributed by atoms with Crippen molar-refractivity contribution in [2.75, 3.05) is 6.61 Å². The molecule has 0 radical (unpaired) electrons. The van der Waals surface area contributed by atoms with Crippen LogP contribution >= 0.6 is 0 Å². The number of carbonyl (C=O) groups is 1. The number of amides is 1. The molecule has 1 amide bonds. The highest BCUT2D eigenvalue weighted by molar-refractivity contribution is 5.97. The molecule has 0 aliphatic rings. The third kappa shape index (κ3) is 3.93. The van der Waals surface area contributed by atoms with E-state index in [0.717, 1.165) is 5.56 Å². The molecule has 0 saturated heterocycles. The number of hydrogen-bond acceptors (Lipinski definition) is 2. The monoisotopic (exact) mass is 231 g/mol. The molecular weight excluding hydrogens is 214 g/mol. The summed E-state index contributed by atoms with van der Waals surface area (Å²) in [7, 11) is 0. The van der Waals surface area contributed by atoms with Gasteiger partial charge in [-0.05, 0) is 32.9 Å². The smallest absolute Gasteiger partial charge is 0.252 e. The molecule has 90 valence electrons. The first-order chi connectivity index (χ1) is 8.04. The average Bonchev–Trinajstić information content (AvgIpc) is 2.26. The Morgan fingerprint density at radius 1 is 1.47 bits per heavy atom. The Morgan fingerprint density at radius 2 is 2.18 bits per heavy atom. The van der Waals surface area contributed by atoms with Crippen molar-refractivity contribution in [2.45, 2.75) is 26.8 Å². The van der Waals surface area contributed by atoms with Crippen LogP contribution in [0, 0.1) is 18.8 Å². The van der Waals surface area contributed by atoms with Crippen LogP contribution in [0.4, 0.5) is 0 Å². The molecular formula is C14H17NO2. The van der Waals surface area contributed by atoms with Gasteiger partial charge < -0.3 is 10.4 Å². The molecule has 3 heteroatoms. The van der Waals surface area contributed by atoms with Crippen LogP contribution in [0.3, 0.4) is 0 Å². The summed E-state index contributed by atoms with van der Waals surface area (Å²) in [6, 6.07) is 5.58. The first-order valence-electron chi connectivity index (χ1n) is 5.56. The topological polar surface area (TPSA) is 49.3 Å². The number of carbonyl (C=O) groups excluding carboxylic acids is 1. The molecule has 3 nitrogen and oxygen atoms in total. The number of benzene rings is 1. The van der Waals surface area contributed by atoms with Gasteiger partial charge in [-0.15, -0.1) is 0 Å². The molecule has 0 fully saturated rings. The second-order valence-corrected chi connectivity index (χ2v) is 4.14. The molecule has 17 heavy (non-hydrogen) atoms. The van der Waals surface area contributed by atoms with E-state index in [2.05, 4.69) is 17.2 Å². The first-order valence-corrected chi connectivity index (χ1v) is 5.56. The Balaban J connectivity index is 3.10. The molecule has 0 bridgehead atoms. The number of aliphatic hydroxyl groups is 1. The highest BCUT2D eigenvalue weighted by Gasteiger charge is 2.11. The van der Waals surface area contributed by atoms with Crippen LogP contribution in [-0.2, 0) is 0 Å². The van der Waals surface area contributed by atoms with Crippen molar-refractivity contribution in [3.05, 3.63) is 34.9 Å². The van der Waals surface area contributed by atoms with Gasteiger partial charge in [0.2, 0.25) is 0 Å². The molecule has 0 heterocycles. The van der Waals surface area contributed by atoms with E-state index in [1.807, 2.05) is 26.8 Å². The predicted octanol–water partition coefficient (Wildman–Crippen LogP) is 1.48. The van der Waals surface area contributed by atoms with E-state index in [9.17, 15) is 4.79 Å². The lowest BCUT2D eigenvalue weighted by Gasteiger charge is -2.10. The van der Waals surface area contributed by atoms with Crippen LogP contribution in [0.25, 0.3) is 0 Å². The summed E-state index contributed by atoms with van der Waals surface area (Å²) < 4.78 is 0. The summed E-state index contributed by atoms with van der Waals surface area (Å²) in [6.45, 7) is 5.54. The van der Waals surface area contributed by atoms with Crippen LogP contribution in [0.2, 0.25) is 0 Å². The van der Waals surface area contributed by atoms with Gasteiger partial charge in [0.15, 0.2) is 0 Å². The van der Waals surface area contributed by atoms with E-state index < -0.39 is 0 Å². The van der Waals surface area contributed by atoms with Crippen LogP contribution in [0.15, 0.2) is 18.2 Å². The quantitative estimate of drug-likeness (QED) is 0.757. The minimum Gasteiger partial charge on any atom is -0.384 e. The minimum absolute atomic E-state index is 0.0849. The van der Waals surface area contributed by atoms with Gasteiger partial charge >= 0.3 is 0 Å². The number of hydrogen-bond donors (Lipinski definition) is 2. The summed E-state index contributed by atoms with van der Waals surface area (Å²) in [4.78, 5) is 11.9. The van der Waals surface area contributed by atoms with Gasteiger partial charge in [0.05, 0.1) is 5.56 Å². The SMILES string of the molecule is Cc1ccc(C#CCO)c(C(=O)NC(C)C)c1. The van der Waals surface area contributed by atoms with Crippen molar-refractivity contribution in [1.29, 1.82) is 0 Å². The number of aliphatic hydroxyl groups excluding tert-OH is 1. The van der Waals surface area contributed by atoms with Crippen LogP contribution in [0.5, 0.6) is 0 Å². The average molecular weight is 231 g/mol. The minimum atomic E-state index is -0.209. The lowest BCUT2D eigenvalue weighted by molar-refractivity contribution is 0.0943. The van der Waals surface area contributed by atoms with Crippen molar-refractivity contribution in [1.82, 2.24) is 5.32 Å². The zero-order valence-electron chi connectivity index (χ0n) is 10.4. The Kier molecular flexibility index (Phi) is 4.74. The molecule has 0 saturated carbocycles. The molecule has 0 atom stereocenters. The van der Waals surface area contributed by atoms with Gasteiger partial charge in [0, 0.05) is 11.6 Å². The highest BCUT2D eigenvalue weighted by atomic mass is 16.2. The standard InChI is InChI=1S/C14H17NO2/c1-10(2)15-14(17)13-9-11(3)6-7-12(13)5-4-8-16/h6-7,9-10,16H,8H2,1-3H3,(H,15,17). The van der Waals surface area contributed by atoms with Gasteiger partial charge in [-0.3, -0.25) is 4.79 Å². The van der Waals surface area contributed by atoms with E-state index in [0.29, 0.717) is 11.1 Å². The molecule has 2 N–H and O–H groups in total. The van der Waals surface area contributed by atoms with Crippen LogP contribution in [-0.4, -0.2) is 23.7 Å². The molecule has 0 spiro atoms. The van der Waals surface area contributed by atoms with Crippen molar-refractivity contribution >= 4 is 5.91 Å². The number of rotatable bonds is 2. The van der Waals surface area contributed by atoms with E-state index in [4.69, 9.17) is 5.11 Å². The summed E-state index contributed by atoms with van der Waals surface area (Å²) in [6.07, 6.45) is 0. The molecule has 0 aromatic heterocycles. The third-order valence-electron chi connectivity index (χ3n) is 2.14. The molecule has 0 unspecified atom stereocenters. The maximum absolute atomic E-state index is 11.9. The highest BCUT2D eigenvalue weighted by Crippen LogP contribution is 2.11. The fourth-order valence-corrected chi connectivity index (χ4v) is 1.43. The van der Waals surface area contributed by atoms with Gasteiger partial charge in [-0.25, -0.2) is 0 Å². The fourth-order valence-electron chi connectivity index (χ4n) is 1.43. The second kappa shape index (κ2) is 6.07. The van der Waals surface area contributed by atoms with E-state index in [-0.39, 0.29) is 18.6 Å². The van der Waals surface area contributed by atoms with Crippen LogP contribution < -0.4 is 5.32 Å². The Bertz CT molecular complexity index is 467. The summed E-state index contributed by atoms with van der Waals surface area (Å²) >= 11 is 0. The van der Waals surface area contributed by atoms with E-state index in [1.54, 1.807) is 12.1 Å². The van der Waals surface area contributed by atoms with E-state index in [1.165, 1.54) is 0 Å². The van der Waals surface area contributed by atoms with Crippen molar-refractivity contribution in [3.8, 4) is 11.8 Å². The zero-order chi connectivity index (χ0) is 12.8. The molecule has 0 aliphatic heterocycles. The zero-order valence-corrected chi connectivity index (χ0v) is 10.4. The van der Waals surface area contributed by atoms with E-state index >= 15 is 0 Å². The van der Waals surface area contributed by atoms with Crippen molar-refractivity contribution < 1.29 is 9.90 Å². The predicted molar refractivity (Wildman–Crippen MR) is 67.7 cm³/mol. The molecule has 1 aromatic carbocycles. The van der Waals surface area contributed by atoms with Crippen molar-refractivity contribution in [2.24, 2.45) is 0 Å². The third-order valence-corrected chi connectivity index (χ3v) is 2.14. The fraction of sp³-hybridized carbons (Fsp3) is 0.357. The van der Waals surface area contributed by atoms with Crippen LogP contribution in [0.1, 0.15) is 35.3 Å². The van der Waals surface area contributed by atoms with Gasteiger partial charge in [0.1, 0.15) is 6.61 Å². The Labute approximate surface area is 102 Å². The van der Waals surface area contributed by atoms with Gasteiger partial charge in [-0.1, -0.05) is 23.5 Å². The summed E-state index contributed by atoms with van der Waals surface area (Å²) in [5.41, 5.74) is 2.20. The number of nitrogens with one attached hydrogen (secondary N) is 1. The number of aryl methyl sites for hydroxylation is 1. The maximum Gasteiger partial charge on any atom is 0.252 e. The normalized spacial score (nSPS) is 9.71. The van der Waals surface area contributed by atoms with Crippen molar-refractivity contribution in [3.63, 3.8) is 0 Å².